The monoisotopic (exact) mass is 612 g/mol. The zero-order valence-electron chi connectivity index (χ0n) is 23.0. The first-order chi connectivity index (χ1) is 20.7. The van der Waals surface area contributed by atoms with Crippen LogP contribution in [-0.2, 0) is 22.4 Å². The van der Waals surface area contributed by atoms with Crippen LogP contribution in [0.1, 0.15) is 16.7 Å². The van der Waals surface area contributed by atoms with Crippen molar-refractivity contribution in [2.75, 3.05) is 5.32 Å². The van der Waals surface area contributed by atoms with Gasteiger partial charge in [-0.15, -0.1) is 0 Å². The van der Waals surface area contributed by atoms with E-state index in [4.69, 9.17) is 16.3 Å². The van der Waals surface area contributed by atoms with Gasteiger partial charge in [-0.25, -0.2) is 22.8 Å². The van der Waals surface area contributed by atoms with Crippen LogP contribution < -0.4 is 10.1 Å². The lowest BCUT2D eigenvalue weighted by Gasteiger charge is -2.12. The van der Waals surface area contributed by atoms with Crippen LogP contribution in [0.25, 0.3) is 22.0 Å². The molecule has 0 aliphatic heterocycles. The molecule has 2 aromatic heterocycles. The molecule has 43 heavy (non-hydrogen) atoms. The van der Waals surface area contributed by atoms with Gasteiger partial charge >= 0.3 is 0 Å². The van der Waals surface area contributed by atoms with E-state index in [2.05, 4.69) is 15.3 Å². The third-order valence-corrected chi connectivity index (χ3v) is 8.88. The number of nitrogens with one attached hydrogen (secondary N) is 1. The van der Waals surface area contributed by atoms with E-state index in [0.717, 1.165) is 27.6 Å². The summed E-state index contributed by atoms with van der Waals surface area (Å²) in [5, 5.41) is 4.43. The summed E-state index contributed by atoms with van der Waals surface area (Å²) in [5.41, 5.74) is 5.35. The summed E-state index contributed by atoms with van der Waals surface area (Å²) in [7, 11) is -3.60. The van der Waals surface area contributed by atoms with E-state index < -0.39 is 10.0 Å². The Hall–Kier alpha value is -4.73. The van der Waals surface area contributed by atoms with Gasteiger partial charge in [0, 0.05) is 29.0 Å². The number of halogens is 2. The molecule has 10 heteroatoms. The number of nitrogens with zero attached hydrogens (tertiary/aromatic N) is 3. The Bertz CT molecular complexity index is 2060. The molecule has 0 saturated carbocycles. The van der Waals surface area contributed by atoms with Gasteiger partial charge in [-0.3, -0.25) is 3.97 Å². The van der Waals surface area contributed by atoms with Crippen LogP contribution >= 0.6 is 11.6 Å². The first-order valence-electron chi connectivity index (χ1n) is 13.4. The quantitative estimate of drug-likeness (QED) is 0.179. The first-order valence-corrected chi connectivity index (χ1v) is 15.4. The van der Waals surface area contributed by atoms with Gasteiger partial charge in [0.25, 0.3) is 0 Å². The molecule has 0 radical (unpaired) electrons. The highest BCUT2D eigenvalue weighted by atomic mass is 35.5. The molecule has 6 aromatic rings. The van der Waals surface area contributed by atoms with E-state index in [-0.39, 0.29) is 18.2 Å². The van der Waals surface area contributed by atoms with E-state index in [1.807, 2.05) is 55.5 Å². The average molecular weight is 613 g/mol. The summed E-state index contributed by atoms with van der Waals surface area (Å²) in [6, 6.07) is 26.4. The van der Waals surface area contributed by atoms with Crippen LogP contribution in [-0.4, -0.2) is 22.4 Å². The van der Waals surface area contributed by atoms with E-state index in [1.54, 1.807) is 42.7 Å². The smallest absolute Gasteiger partial charge is 0.242 e. The van der Waals surface area contributed by atoms with E-state index in [0.29, 0.717) is 33.4 Å². The normalized spacial score (nSPS) is 11.5. The Morgan fingerprint density at radius 2 is 1.79 bits per heavy atom. The highest BCUT2D eigenvalue weighted by Crippen LogP contribution is 2.33. The van der Waals surface area contributed by atoms with Crippen LogP contribution in [0.5, 0.6) is 5.75 Å². The summed E-state index contributed by atoms with van der Waals surface area (Å²) < 4.78 is 46.8. The number of rotatable bonds is 9. The van der Waals surface area contributed by atoms with Gasteiger partial charge in [0.2, 0.25) is 10.0 Å². The molecule has 0 atom stereocenters. The van der Waals surface area contributed by atoms with Crippen molar-refractivity contribution in [1.29, 1.82) is 0 Å². The van der Waals surface area contributed by atoms with E-state index in [9.17, 15) is 12.8 Å². The number of hydrogen-bond donors (Lipinski definition) is 1. The molecule has 0 unspecified atom stereocenters. The molecule has 0 bridgehead atoms. The lowest BCUT2D eigenvalue weighted by atomic mass is 10.1. The summed E-state index contributed by atoms with van der Waals surface area (Å²) in [4.78, 5) is 8.82. The van der Waals surface area contributed by atoms with Gasteiger partial charge < -0.3 is 10.1 Å². The number of fused-ring (bicyclic) bond motifs is 1. The van der Waals surface area contributed by atoms with Crippen LogP contribution in [0.2, 0.25) is 5.02 Å². The maximum absolute atomic E-state index is 13.5. The Kier molecular flexibility index (Phi) is 7.84. The molecule has 0 aliphatic carbocycles. The Labute approximate surface area is 253 Å². The predicted molar refractivity (Wildman–Crippen MR) is 168 cm³/mol. The third kappa shape index (κ3) is 6.38. The van der Waals surface area contributed by atoms with Gasteiger partial charge in [-0.2, -0.15) is 0 Å². The summed E-state index contributed by atoms with van der Waals surface area (Å²) in [6.07, 6.45) is 4.65. The lowest BCUT2D eigenvalue weighted by Crippen LogP contribution is -2.13. The van der Waals surface area contributed by atoms with Crippen molar-refractivity contribution in [2.45, 2.75) is 19.3 Å². The minimum atomic E-state index is -3.60. The predicted octanol–water partition coefficient (Wildman–Crippen LogP) is 7.90. The number of benzene rings is 4. The van der Waals surface area contributed by atoms with Crippen LogP contribution in [0.3, 0.4) is 0 Å². The highest BCUT2D eigenvalue weighted by molar-refractivity contribution is 7.89. The minimum Gasteiger partial charge on any atom is -0.487 e. The molecule has 216 valence electrons. The lowest BCUT2D eigenvalue weighted by molar-refractivity contribution is 0.306. The van der Waals surface area contributed by atoms with Gasteiger partial charge in [0.1, 0.15) is 30.3 Å². The Balaban J connectivity index is 1.22. The molecule has 0 aliphatic rings. The summed E-state index contributed by atoms with van der Waals surface area (Å²) in [6.45, 7) is 2.08. The molecule has 0 spiro atoms. The van der Waals surface area contributed by atoms with Crippen molar-refractivity contribution in [1.82, 2.24) is 13.9 Å². The van der Waals surface area contributed by atoms with Crippen LogP contribution in [0.15, 0.2) is 110 Å². The van der Waals surface area contributed by atoms with Gasteiger partial charge in [-0.1, -0.05) is 54.1 Å². The second-order valence-electron chi connectivity index (χ2n) is 10.1. The second-order valence-corrected chi connectivity index (χ2v) is 12.3. The molecular formula is C33H26ClFN4O3S. The SMILES string of the molecule is Cc1ccccc1CS(=O)(=O)n1ccc(-c2ccc3ncnc(Nc4ccc(OCc5cccc(F)c5)c(Cl)c4)c3c2)c1. The minimum absolute atomic E-state index is 0.0926. The molecule has 0 amide bonds. The van der Waals surface area contributed by atoms with Crippen LogP contribution in [0.4, 0.5) is 15.9 Å². The molecular weight excluding hydrogens is 587 g/mol. The fraction of sp³-hybridized carbons (Fsp3) is 0.0909. The standard InChI is InChI=1S/C33H26ClFN4O3S/c1-22-5-2-3-7-26(22)20-43(40,41)39-14-13-25(18-39)24-9-11-31-29(16-24)33(37-21-36-31)38-28-10-12-32(30(34)17-28)42-19-23-6-4-8-27(35)15-23/h2-18,21H,19-20H2,1H3,(H,36,37,38). The summed E-state index contributed by atoms with van der Waals surface area (Å²) >= 11 is 6.49. The summed E-state index contributed by atoms with van der Waals surface area (Å²) in [5.74, 6) is 0.605. The van der Waals surface area contributed by atoms with Gasteiger partial charge in [-0.05, 0) is 77.7 Å². The molecule has 2 heterocycles. The number of aryl methyl sites for hydroxylation is 1. The van der Waals surface area contributed by atoms with Crippen LogP contribution in [0, 0.1) is 12.7 Å². The zero-order valence-corrected chi connectivity index (χ0v) is 24.6. The molecule has 7 nitrogen and oxygen atoms in total. The van der Waals surface area contributed by atoms with Crippen molar-refractivity contribution in [3.8, 4) is 16.9 Å². The number of aromatic nitrogens is 3. The molecule has 4 aromatic carbocycles. The number of anilines is 2. The highest BCUT2D eigenvalue weighted by Gasteiger charge is 2.17. The maximum Gasteiger partial charge on any atom is 0.242 e. The van der Waals surface area contributed by atoms with Crippen molar-refractivity contribution < 1.29 is 17.5 Å². The fourth-order valence-electron chi connectivity index (χ4n) is 4.72. The van der Waals surface area contributed by atoms with E-state index in [1.165, 1.54) is 22.4 Å². The number of hydrogen-bond acceptors (Lipinski definition) is 6. The molecule has 0 saturated heterocycles. The Morgan fingerprint density at radius 1 is 0.930 bits per heavy atom. The topological polar surface area (TPSA) is 86.1 Å². The Morgan fingerprint density at radius 3 is 2.60 bits per heavy atom. The van der Waals surface area contributed by atoms with Crippen molar-refractivity contribution in [3.63, 3.8) is 0 Å². The third-order valence-electron chi connectivity index (χ3n) is 7.03. The molecule has 0 fully saturated rings. The molecule has 1 N–H and O–H groups in total. The fourth-order valence-corrected chi connectivity index (χ4v) is 6.34. The molecule has 6 rings (SSSR count). The van der Waals surface area contributed by atoms with Crippen molar-refractivity contribution in [2.24, 2.45) is 0 Å². The van der Waals surface area contributed by atoms with Crippen molar-refractivity contribution in [3.05, 3.63) is 137 Å². The zero-order chi connectivity index (χ0) is 30.0. The maximum atomic E-state index is 13.5. The second kappa shape index (κ2) is 11.9. The first kappa shape index (κ1) is 28.4. The average Bonchev–Trinajstić information content (AvgIpc) is 3.50. The number of ether oxygens (including phenoxy) is 1. The van der Waals surface area contributed by atoms with Gasteiger partial charge in [0.15, 0.2) is 0 Å². The van der Waals surface area contributed by atoms with E-state index >= 15 is 0 Å². The van der Waals surface area contributed by atoms with Crippen molar-refractivity contribution >= 4 is 44.0 Å². The largest absolute Gasteiger partial charge is 0.487 e. The van der Waals surface area contributed by atoms with Gasteiger partial charge in [0.05, 0.1) is 16.3 Å².